The molecule has 0 radical (unpaired) electrons. The van der Waals surface area contributed by atoms with Gasteiger partial charge in [0.25, 0.3) is 5.91 Å². The number of hydrogen-bond donors (Lipinski definition) is 3. The summed E-state index contributed by atoms with van der Waals surface area (Å²) >= 11 is 1.27. The van der Waals surface area contributed by atoms with Crippen molar-refractivity contribution in [2.24, 2.45) is 4.99 Å². The number of nitrogens with zero attached hydrogens (tertiary/aromatic N) is 1. The van der Waals surface area contributed by atoms with E-state index in [-0.39, 0.29) is 17.6 Å². The summed E-state index contributed by atoms with van der Waals surface area (Å²) < 4.78 is 11.0. The smallest absolute Gasteiger partial charge is 0.255 e. The zero-order valence-corrected chi connectivity index (χ0v) is 23.4. The number of carbonyl (C=O) groups excluding carboxylic acids is 2. The van der Waals surface area contributed by atoms with Gasteiger partial charge in [-0.2, -0.15) is 0 Å². The SMILES string of the molecule is COc1ccc([C@H]2N=C(SCC(=O)Nc3ccc(C)c(C)c3)NC(C)=C2C(=O)Nc2ccccc2)c(OC)c1. The average molecular weight is 545 g/mol. The Morgan fingerprint density at radius 2 is 1.67 bits per heavy atom. The molecule has 1 heterocycles. The molecule has 9 heteroatoms. The van der Waals surface area contributed by atoms with Crippen molar-refractivity contribution in [1.29, 1.82) is 0 Å². The van der Waals surface area contributed by atoms with Crippen molar-refractivity contribution < 1.29 is 19.1 Å². The van der Waals surface area contributed by atoms with E-state index in [2.05, 4.69) is 16.0 Å². The van der Waals surface area contributed by atoms with E-state index in [0.29, 0.717) is 39.2 Å². The van der Waals surface area contributed by atoms with Gasteiger partial charge in [0.2, 0.25) is 5.91 Å². The van der Waals surface area contributed by atoms with Crippen molar-refractivity contribution in [1.82, 2.24) is 5.32 Å². The normalized spacial score (nSPS) is 14.7. The van der Waals surface area contributed by atoms with Gasteiger partial charge < -0.3 is 25.4 Å². The first-order chi connectivity index (χ1) is 18.8. The van der Waals surface area contributed by atoms with Crippen molar-refractivity contribution in [3.63, 3.8) is 0 Å². The minimum atomic E-state index is -0.666. The lowest BCUT2D eigenvalue weighted by molar-refractivity contribution is -0.114. The van der Waals surface area contributed by atoms with E-state index in [0.717, 1.165) is 16.8 Å². The molecule has 3 aromatic carbocycles. The van der Waals surface area contributed by atoms with Crippen molar-refractivity contribution in [2.45, 2.75) is 26.8 Å². The molecule has 3 N–H and O–H groups in total. The fraction of sp³-hybridized carbons (Fsp3) is 0.233. The third-order valence-corrected chi connectivity index (χ3v) is 7.25. The second kappa shape index (κ2) is 12.5. The van der Waals surface area contributed by atoms with Gasteiger partial charge >= 0.3 is 0 Å². The monoisotopic (exact) mass is 544 g/mol. The molecule has 0 saturated carbocycles. The fourth-order valence-corrected chi connectivity index (χ4v) is 4.90. The first-order valence-electron chi connectivity index (χ1n) is 12.4. The van der Waals surface area contributed by atoms with Crippen LogP contribution in [0.2, 0.25) is 0 Å². The maximum absolute atomic E-state index is 13.5. The topological polar surface area (TPSA) is 101 Å². The number of hydrogen-bond acceptors (Lipinski definition) is 7. The second-order valence-electron chi connectivity index (χ2n) is 9.06. The van der Waals surface area contributed by atoms with E-state index < -0.39 is 6.04 Å². The number of aliphatic imine (C=N–C) groups is 1. The summed E-state index contributed by atoms with van der Waals surface area (Å²) in [4.78, 5) is 31.1. The summed E-state index contributed by atoms with van der Waals surface area (Å²) in [6.45, 7) is 5.87. The standard InChI is InChI=1S/C30H32N4O4S/c1-18-11-12-22(15-19(18)2)32-26(35)17-39-30-31-20(3)27(29(36)33-21-9-7-6-8-10-21)28(34-30)24-14-13-23(37-4)16-25(24)38-5/h6-16,28H,17H2,1-5H3,(H,31,34)(H,32,35)(H,33,36)/t28-/m1/s1. The van der Waals surface area contributed by atoms with Gasteiger partial charge in [-0.25, -0.2) is 4.99 Å². The van der Waals surface area contributed by atoms with Crippen LogP contribution in [-0.4, -0.2) is 37.0 Å². The van der Waals surface area contributed by atoms with E-state index in [1.807, 2.05) is 75.4 Å². The lowest BCUT2D eigenvalue weighted by Crippen LogP contribution is -2.33. The number of thioether (sulfide) groups is 1. The maximum Gasteiger partial charge on any atom is 0.255 e. The molecule has 4 rings (SSSR count). The Morgan fingerprint density at radius 1 is 0.897 bits per heavy atom. The molecule has 3 aromatic rings. The molecular formula is C30H32N4O4S. The number of benzene rings is 3. The number of amidine groups is 1. The van der Waals surface area contributed by atoms with E-state index in [4.69, 9.17) is 14.5 Å². The number of amides is 2. The van der Waals surface area contributed by atoms with Crippen LogP contribution < -0.4 is 25.4 Å². The van der Waals surface area contributed by atoms with Crippen LogP contribution in [0.4, 0.5) is 11.4 Å². The van der Waals surface area contributed by atoms with Crippen molar-refractivity contribution in [2.75, 3.05) is 30.6 Å². The van der Waals surface area contributed by atoms with E-state index in [1.165, 1.54) is 11.8 Å². The van der Waals surface area contributed by atoms with Crippen LogP contribution in [0.25, 0.3) is 0 Å². The molecule has 8 nitrogen and oxygen atoms in total. The van der Waals surface area contributed by atoms with Gasteiger partial charge in [-0.1, -0.05) is 36.0 Å². The van der Waals surface area contributed by atoms with Crippen LogP contribution in [-0.2, 0) is 9.59 Å². The van der Waals surface area contributed by atoms with E-state index >= 15 is 0 Å². The molecule has 0 aliphatic carbocycles. The Hall–Kier alpha value is -4.24. The number of nitrogens with one attached hydrogen (secondary N) is 3. The quantitative estimate of drug-likeness (QED) is 0.341. The van der Waals surface area contributed by atoms with Crippen molar-refractivity contribution >= 4 is 40.1 Å². The van der Waals surface area contributed by atoms with E-state index in [1.54, 1.807) is 26.4 Å². The Balaban J connectivity index is 1.59. The Morgan fingerprint density at radius 3 is 2.36 bits per heavy atom. The number of rotatable bonds is 8. The molecule has 1 aliphatic rings. The number of carbonyl (C=O) groups is 2. The summed E-state index contributed by atoms with van der Waals surface area (Å²) in [6.07, 6.45) is 0. The molecule has 0 aromatic heterocycles. The first-order valence-corrected chi connectivity index (χ1v) is 13.4. The number of aryl methyl sites for hydroxylation is 2. The number of para-hydroxylation sites is 1. The Kier molecular flexibility index (Phi) is 8.93. The van der Waals surface area contributed by atoms with Gasteiger partial charge in [-0.15, -0.1) is 0 Å². The molecule has 39 heavy (non-hydrogen) atoms. The van der Waals surface area contributed by atoms with Crippen LogP contribution >= 0.6 is 11.8 Å². The van der Waals surface area contributed by atoms with Crippen LogP contribution in [0.15, 0.2) is 83.0 Å². The second-order valence-corrected chi connectivity index (χ2v) is 10.0. The highest BCUT2D eigenvalue weighted by molar-refractivity contribution is 8.14. The van der Waals surface area contributed by atoms with Crippen molar-refractivity contribution in [3.8, 4) is 11.5 Å². The summed E-state index contributed by atoms with van der Waals surface area (Å²) in [6, 6.07) is 19.8. The molecule has 1 atom stereocenters. The van der Waals surface area contributed by atoms with Crippen LogP contribution in [0, 0.1) is 13.8 Å². The van der Waals surface area contributed by atoms with Crippen LogP contribution in [0.3, 0.4) is 0 Å². The van der Waals surface area contributed by atoms with Gasteiger partial charge in [0, 0.05) is 28.7 Å². The average Bonchev–Trinajstić information content (AvgIpc) is 2.93. The number of ether oxygens (including phenoxy) is 2. The summed E-state index contributed by atoms with van der Waals surface area (Å²) in [5, 5.41) is 9.64. The molecule has 2 amide bonds. The fourth-order valence-electron chi connectivity index (χ4n) is 4.15. The highest BCUT2D eigenvalue weighted by Gasteiger charge is 2.32. The number of allylic oxidation sites excluding steroid dienone is 1. The molecule has 0 saturated heterocycles. The zero-order chi connectivity index (χ0) is 27.9. The molecule has 0 spiro atoms. The predicted molar refractivity (Wildman–Crippen MR) is 158 cm³/mol. The van der Waals surface area contributed by atoms with Crippen molar-refractivity contribution in [3.05, 3.63) is 94.7 Å². The minimum Gasteiger partial charge on any atom is -0.497 e. The lowest BCUT2D eigenvalue weighted by Gasteiger charge is -2.27. The lowest BCUT2D eigenvalue weighted by atomic mass is 9.95. The van der Waals surface area contributed by atoms with Gasteiger partial charge in [-0.05, 0) is 68.3 Å². The van der Waals surface area contributed by atoms with Gasteiger partial charge in [-0.3, -0.25) is 9.59 Å². The highest BCUT2D eigenvalue weighted by atomic mass is 32.2. The first kappa shape index (κ1) is 27.8. The van der Waals surface area contributed by atoms with Gasteiger partial charge in [0.15, 0.2) is 5.17 Å². The summed E-state index contributed by atoms with van der Waals surface area (Å²) in [5.41, 5.74) is 5.49. The minimum absolute atomic E-state index is 0.143. The molecular weight excluding hydrogens is 512 g/mol. The Labute approximate surface area is 232 Å². The molecule has 1 aliphatic heterocycles. The number of anilines is 2. The zero-order valence-electron chi connectivity index (χ0n) is 22.6. The van der Waals surface area contributed by atoms with E-state index in [9.17, 15) is 9.59 Å². The third kappa shape index (κ3) is 6.80. The molecule has 0 unspecified atom stereocenters. The van der Waals surface area contributed by atoms with Gasteiger partial charge in [0.05, 0.1) is 25.5 Å². The summed E-state index contributed by atoms with van der Waals surface area (Å²) in [7, 11) is 3.15. The van der Waals surface area contributed by atoms with Gasteiger partial charge in [0.1, 0.15) is 17.5 Å². The van der Waals surface area contributed by atoms with Crippen LogP contribution in [0.1, 0.15) is 29.7 Å². The maximum atomic E-state index is 13.5. The molecule has 202 valence electrons. The molecule has 0 fully saturated rings. The van der Waals surface area contributed by atoms with Crippen LogP contribution in [0.5, 0.6) is 11.5 Å². The summed E-state index contributed by atoms with van der Waals surface area (Å²) in [5.74, 6) is 0.876. The third-order valence-electron chi connectivity index (χ3n) is 6.36. The Bertz CT molecular complexity index is 1440. The predicted octanol–water partition coefficient (Wildman–Crippen LogP) is 5.61. The molecule has 0 bridgehead atoms. The highest BCUT2D eigenvalue weighted by Crippen LogP contribution is 2.39. The number of methoxy groups -OCH3 is 2. The largest absolute Gasteiger partial charge is 0.497 e.